The molecule has 2 heterocycles. The molecule has 0 spiro atoms. The molecule has 13 heteroatoms. The predicted molar refractivity (Wildman–Crippen MR) is 164 cm³/mol. The van der Waals surface area contributed by atoms with Crippen LogP contribution in [-0.2, 0) is 28.4 Å². The van der Waals surface area contributed by atoms with Crippen LogP contribution < -0.4 is 0 Å². The summed E-state index contributed by atoms with van der Waals surface area (Å²) in [5, 5.41) is 70.9. The lowest BCUT2D eigenvalue weighted by atomic mass is 9.97. The molecule has 45 heavy (non-hydrogen) atoms. The smallest absolute Gasteiger partial charge is 0.187 e. The minimum atomic E-state index is -1.73. The number of unbranched alkanes of at least 4 members (excludes halogenated alkanes) is 13. The van der Waals surface area contributed by atoms with Crippen LogP contribution in [0, 0.1) is 0 Å². The Balaban J connectivity index is 1.61. The van der Waals surface area contributed by atoms with Gasteiger partial charge in [-0.2, -0.15) is 0 Å². The lowest BCUT2D eigenvalue weighted by Gasteiger charge is -2.46. The fourth-order valence-corrected chi connectivity index (χ4v) is 5.69. The van der Waals surface area contributed by atoms with Crippen LogP contribution in [-0.4, -0.2) is 143 Å². The lowest BCUT2D eigenvalue weighted by molar-refractivity contribution is -0.360. The molecule has 0 bridgehead atoms. The Hall–Kier alpha value is -0.520. The van der Waals surface area contributed by atoms with Crippen molar-refractivity contribution in [1.29, 1.82) is 0 Å². The Labute approximate surface area is 268 Å². The van der Waals surface area contributed by atoms with E-state index < -0.39 is 80.7 Å². The van der Waals surface area contributed by atoms with E-state index in [1.165, 1.54) is 84.2 Å². The van der Waals surface area contributed by atoms with E-state index in [1.54, 1.807) is 0 Å². The van der Waals surface area contributed by atoms with E-state index >= 15 is 0 Å². The van der Waals surface area contributed by atoms with Crippen molar-refractivity contribution in [2.45, 2.75) is 164 Å². The van der Waals surface area contributed by atoms with Gasteiger partial charge in [-0.3, -0.25) is 0 Å². The molecule has 0 amide bonds. The van der Waals surface area contributed by atoms with E-state index in [-0.39, 0.29) is 13.2 Å². The summed E-state index contributed by atoms with van der Waals surface area (Å²) in [6.45, 7) is 1.81. The van der Waals surface area contributed by atoms with Gasteiger partial charge in [-0.15, -0.1) is 0 Å². The van der Waals surface area contributed by atoms with Gasteiger partial charge in [-0.05, 0) is 6.42 Å². The largest absolute Gasteiger partial charge is 0.394 e. The van der Waals surface area contributed by atoms with E-state index in [0.29, 0.717) is 6.61 Å². The molecule has 13 nitrogen and oxygen atoms in total. The Morgan fingerprint density at radius 2 is 1.09 bits per heavy atom. The SMILES string of the molecule is CCCCCCCCCCCCCCCCOCC(CO[C@H]1O[C@H](CO)[C@@H](O[C@@H]2O[C@H](CO)[C@H](O)[C@H](O)[C@H]2O)[C@H](O)[C@H]1O)OC. The molecule has 0 aromatic carbocycles. The van der Waals surface area contributed by atoms with Crippen LogP contribution in [0.25, 0.3) is 0 Å². The van der Waals surface area contributed by atoms with Crippen LogP contribution in [0.4, 0.5) is 0 Å². The molecule has 2 aliphatic heterocycles. The molecule has 7 N–H and O–H groups in total. The van der Waals surface area contributed by atoms with Crippen LogP contribution >= 0.6 is 0 Å². The normalized spacial score (nSPS) is 33.0. The molecule has 2 aliphatic rings. The first-order chi connectivity index (χ1) is 21.8. The average Bonchev–Trinajstić information content (AvgIpc) is 3.05. The Kier molecular flexibility index (Phi) is 21.5. The number of hydrogen-bond donors (Lipinski definition) is 7. The number of aliphatic hydroxyl groups excluding tert-OH is 7. The fourth-order valence-electron chi connectivity index (χ4n) is 5.69. The minimum absolute atomic E-state index is 0.0138. The van der Waals surface area contributed by atoms with Gasteiger partial charge in [0.25, 0.3) is 0 Å². The summed E-state index contributed by atoms with van der Waals surface area (Å²) in [6, 6.07) is 0. The monoisotopic (exact) mass is 654 g/mol. The highest BCUT2D eigenvalue weighted by atomic mass is 16.7. The van der Waals surface area contributed by atoms with Crippen LogP contribution in [0.2, 0.25) is 0 Å². The quantitative estimate of drug-likeness (QED) is 0.0693. The summed E-state index contributed by atoms with van der Waals surface area (Å²) in [4.78, 5) is 0. The van der Waals surface area contributed by atoms with Gasteiger partial charge >= 0.3 is 0 Å². The Morgan fingerprint density at radius 1 is 0.578 bits per heavy atom. The molecule has 0 aliphatic carbocycles. The molecule has 0 aromatic heterocycles. The first kappa shape index (κ1) is 40.7. The standard InChI is InChI=1S/C32H62O13/c1-3-4-5-6-7-8-9-10-11-12-13-14-15-16-17-41-20-22(40-2)21-42-31-29(39)27(37)30(24(19-34)44-31)45-32-28(38)26(36)25(35)23(18-33)43-32/h22-39H,3-21H2,1-2H3/t22?,23-,24-,25+,26+,27-,28-,29-,30-,31+,32+/m1/s1. The van der Waals surface area contributed by atoms with Gasteiger partial charge in [-0.25, -0.2) is 0 Å². The van der Waals surface area contributed by atoms with Gasteiger partial charge in [0.2, 0.25) is 0 Å². The molecular formula is C32H62O13. The number of methoxy groups -OCH3 is 1. The third-order valence-electron chi connectivity index (χ3n) is 8.69. The molecule has 1 unspecified atom stereocenters. The van der Waals surface area contributed by atoms with Gasteiger partial charge in [0.15, 0.2) is 12.6 Å². The molecular weight excluding hydrogens is 592 g/mol. The van der Waals surface area contributed by atoms with Gasteiger partial charge < -0.3 is 64.2 Å². The number of aliphatic hydroxyl groups is 7. The molecule has 2 fully saturated rings. The summed E-state index contributed by atoms with van der Waals surface area (Å²) in [6.07, 6.45) is 2.60. The molecule has 0 aromatic rings. The van der Waals surface area contributed by atoms with Crippen molar-refractivity contribution in [2.24, 2.45) is 0 Å². The first-order valence-electron chi connectivity index (χ1n) is 17.1. The van der Waals surface area contributed by atoms with Crippen LogP contribution in [0.1, 0.15) is 96.8 Å². The van der Waals surface area contributed by atoms with Crippen molar-refractivity contribution in [3.8, 4) is 0 Å². The third kappa shape index (κ3) is 14.2. The lowest BCUT2D eigenvalue weighted by Crippen LogP contribution is -2.64. The van der Waals surface area contributed by atoms with E-state index in [1.807, 2.05) is 0 Å². The van der Waals surface area contributed by atoms with Crippen molar-refractivity contribution >= 4 is 0 Å². The fraction of sp³-hybridized carbons (Fsp3) is 1.00. The molecule has 2 rings (SSSR count). The number of rotatable bonds is 25. The highest BCUT2D eigenvalue weighted by Gasteiger charge is 2.50. The summed E-state index contributed by atoms with van der Waals surface area (Å²) in [7, 11) is 1.51. The molecule has 2 saturated heterocycles. The van der Waals surface area contributed by atoms with E-state index in [0.717, 1.165) is 12.8 Å². The van der Waals surface area contributed by atoms with E-state index in [4.69, 9.17) is 28.4 Å². The first-order valence-corrected chi connectivity index (χ1v) is 17.1. The molecule has 0 radical (unpaired) electrons. The van der Waals surface area contributed by atoms with Crippen LogP contribution in [0.5, 0.6) is 0 Å². The summed E-state index contributed by atoms with van der Waals surface area (Å²) < 4.78 is 33.4. The molecule has 268 valence electrons. The predicted octanol–water partition coefficient (Wildman–Crippen LogP) is 1.14. The zero-order valence-electron chi connectivity index (χ0n) is 27.4. The van der Waals surface area contributed by atoms with Crippen molar-refractivity contribution in [1.82, 2.24) is 0 Å². The van der Waals surface area contributed by atoms with Crippen LogP contribution in [0.15, 0.2) is 0 Å². The minimum Gasteiger partial charge on any atom is -0.394 e. The van der Waals surface area contributed by atoms with Crippen molar-refractivity contribution < 1.29 is 64.2 Å². The highest BCUT2D eigenvalue weighted by molar-refractivity contribution is 4.94. The van der Waals surface area contributed by atoms with Gasteiger partial charge in [-0.1, -0.05) is 90.4 Å². The van der Waals surface area contributed by atoms with Gasteiger partial charge in [0.1, 0.15) is 54.9 Å². The maximum Gasteiger partial charge on any atom is 0.187 e. The average molecular weight is 655 g/mol. The Morgan fingerprint density at radius 3 is 1.62 bits per heavy atom. The van der Waals surface area contributed by atoms with Crippen molar-refractivity contribution in [3.05, 3.63) is 0 Å². The second-order valence-electron chi connectivity index (χ2n) is 12.4. The summed E-state index contributed by atoms with van der Waals surface area (Å²) in [5.41, 5.74) is 0. The second-order valence-corrected chi connectivity index (χ2v) is 12.4. The zero-order chi connectivity index (χ0) is 33.0. The maximum atomic E-state index is 10.7. The highest BCUT2D eigenvalue weighted by Crippen LogP contribution is 2.29. The van der Waals surface area contributed by atoms with Crippen molar-refractivity contribution in [3.63, 3.8) is 0 Å². The second kappa shape index (κ2) is 23.7. The number of hydrogen-bond acceptors (Lipinski definition) is 13. The third-order valence-corrected chi connectivity index (χ3v) is 8.69. The summed E-state index contributed by atoms with van der Waals surface area (Å²) in [5.74, 6) is 0. The van der Waals surface area contributed by atoms with E-state index in [2.05, 4.69) is 6.92 Å². The van der Waals surface area contributed by atoms with Gasteiger partial charge in [0, 0.05) is 13.7 Å². The zero-order valence-corrected chi connectivity index (χ0v) is 27.4. The summed E-state index contributed by atoms with van der Waals surface area (Å²) >= 11 is 0. The Bertz CT molecular complexity index is 715. The van der Waals surface area contributed by atoms with Crippen molar-refractivity contribution in [2.75, 3.05) is 40.1 Å². The van der Waals surface area contributed by atoms with Crippen LogP contribution in [0.3, 0.4) is 0 Å². The molecule has 0 saturated carbocycles. The van der Waals surface area contributed by atoms with Gasteiger partial charge in [0.05, 0.1) is 26.4 Å². The number of ether oxygens (including phenoxy) is 6. The molecule has 11 atom stereocenters. The maximum absolute atomic E-state index is 10.7. The van der Waals surface area contributed by atoms with E-state index in [9.17, 15) is 35.7 Å². The topological polar surface area (TPSA) is 197 Å².